The molecule has 116 valence electrons. The van der Waals surface area contributed by atoms with Crippen LogP contribution in [0.15, 0.2) is 51.8 Å². The first-order valence-electron chi connectivity index (χ1n) is 6.01. The summed E-state index contributed by atoms with van der Waals surface area (Å²) in [5.41, 5.74) is -0.0838. The number of carbonyl (C=O) groups is 1. The summed E-state index contributed by atoms with van der Waals surface area (Å²) in [6.45, 7) is 0. The lowest BCUT2D eigenvalue weighted by molar-refractivity contribution is -0.113. The zero-order chi connectivity index (χ0) is 16.3. The Labute approximate surface area is 140 Å². The molecule has 2 rings (SSSR count). The van der Waals surface area contributed by atoms with Crippen LogP contribution in [0.3, 0.4) is 0 Å². The number of sulfone groups is 1. The lowest BCUT2D eigenvalue weighted by Crippen LogP contribution is -2.23. The molecular weight excluding hydrogens is 397 g/mol. The summed E-state index contributed by atoms with van der Waals surface area (Å²) >= 11 is 8.77. The van der Waals surface area contributed by atoms with Crippen LogP contribution in [-0.2, 0) is 14.6 Å². The lowest BCUT2D eigenvalue weighted by atomic mass is 10.3. The van der Waals surface area contributed by atoms with Crippen LogP contribution in [0, 0.1) is 5.82 Å². The van der Waals surface area contributed by atoms with Crippen molar-refractivity contribution < 1.29 is 17.6 Å². The number of nitrogens with one attached hydrogen (secondary N) is 1. The second kappa shape index (κ2) is 6.76. The zero-order valence-electron chi connectivity index (χ0n) is 11.0. The average Bonchev–Trinajstić information content (AvgIpc) is 2.42. The van der Waals surface area contributed by atoms with E-state index in [1.165, 1.54) is 42.5 Å². The first-order chi connectivity index (χ1) is 10.3. The molecule has 1 amide bonds. The minimum atomic E-state index is -3.82. The van der Waals surface area contributed by atoms with Gasteiger partial charge in [-0.25, -0.2) is 12.8 Å². The number of carbonyl (C=O) groups excluding carboxylic acids is 1. The Kier molecular flexibility index (Phi) is 5.20. The molecule has 0 bridgehead atoms. The van der Waals surface area contributed by atoms with Gasteiger partial charge >= 0.3 is 0 Å². The summed E-state index contributed by atoms with van der Waals surface area (Å²) in [6.07, 6.45) is 0. The Morgan fingerprint density at radius 3 is 2.41 bits per heavy atom. The average molecular weight is 407 g/mol. The highest BCUT2D eigenvalue weighted by Gasteiger charge is 2.20. The van der Waals surface area contributed by atoms with Gasteiger partial charge in [0.2, 0.25) is 5.91 Å². The molecule has 0 aliphatic carbocycles. The molecular formula is C14H10BrClFNO3S. The van der Waals surface area contributed by atoms with Crippen molar-refractivity contribution in [2.75, 3.05) is 11.1 Å². The molecule has 0 saturated carbocycles. The summed E-state index contributed by atoms with van der Waals surface area (Å²) in [5.74, 6) is -2.27. The van der Waals surface area contributed by atoms with Gasteiger partial charge in [0.15, 0.2) is 9.84 Å². The fraction of sp³-hybridized carbons (Fsp3) is 0.0714. The zero-order valence-corrected chi connectivity index (χ0v) is 14.2. The van der Waals surface area contributed by atoms with E-state index >= 15 is 0 Å². The quantitative estimate of drug-likeness (QED) is 0.843. The second-order valence-corrected chi connectivity index (χ2v) is 7.73. The van der Waals surface area contributed by atoms with Crippen molar-refractivity contribution in [3.63, 3.8) is 0 Å². The van der Waals surface area contributed by atoms with Crippen LogP contribution in [0.4, 0.5) is 10.1 Å². The summed E-state index contributed by atoms with van der Waals surface area (Å²) in [5, 5.41) is 2.62. The minimum Gasteiger partial charge on any atom is -0.323 e. The summed E-state index contributed by atoms with van der Waals surface area (Å²) in [7, 11) is -3.82. The highest BCUT2D eigenvalue weighted by molar-refractivity contribution is 9.10. The van der Waals surface area contributed by atoms with E-state index in [9.17, 15) is 17.6 Å². The molecule has 0 aromatic heterocycles. The summed E-state index contributed by atoms with van der Waals surface area (Å²) in [6, 6.07) is 9.50. The van der Waals surface area contributed by atoms with E-state index in [2.05, 4.69) is 21.2 Å². The fourth-order valence-corrected chi connectivity index (χ4v) is 3.27. The van der Waals surface area contributed by atoms with Crippen molar-refractivity contribution >= 4 is 49.0 Å². The predicted octanol–water partition coefficient (Wildman–Crippen LogP) is 3.65. The van der Waals surface area contributed by atoms with Crippen molar-refractivity contribution in [1.82, 2.24) is 0 Å². The first-order valence-corrected chi connectivity index (χ1v) is 8.83. The smallest absolute Gasteiger partial charge is 0.240 e. The van der Waals surface area contributed by atoms with E-state index in [0.717, 1.165) is 0 Å². The van der Waals surface area contributed by atoms with Gasteiger partial charge in [-0.1, -0.05) is 27.5 Å². The predicted molar refractivity (Wildman–Crippen MR) is 86.2 cm³/mol. The molecule has 4 nitrogen and oxygen atoms in total. The lowest BCUT2D eigenvalue weighted by Gasteiger charge is -2.08. The molecule has 0 radical (unpaired) electrons. The van der Waals surface area contributed by atoms with Gasteiger partial charge in [-0.3, -0.25) is 4.79 Å². The molecule has 0 aliphatic rings. The van der Waals surface area contributed by atoms with Gasteiger partial charge < -0.3 is 5.32 Å². The van der Waals surface area contributed by atoms with Crippen LogP contribution in [-0.4, -0.2) is 20.1 Å². The van der Waals surface area contributed by atoms with E-state index < -0.39 is 27.3 Å². The Morgan fingerprint density at radius 2 is 1.82 bits per heavy atom. The van der Waals surface area contributed by atoms with Gasteiger partial charge in [-0.15, -0.1) is 0 Å². The van der Waals surface area contributed by atoms with Crippen LogP contribution >= 0.6 is 27.5 Å². The molecule has 8 heteroatoms. The third-order valence-corrected chi connectivity index (χ3v) is 5.08. The van der Waals surface area contributed by atoms with Gasteiger partial charge in [0.05, 0.1) is 10.6 Å². The van der Waals surface area contributed by atoms with Crippen LogP contribution in [0.25, 0.3) is 0 Å². The Hall–Kier alpha value is -1.44. The van der Waals surface area contributed by atoms with E-state index in [4.69, 9.17) is 11.6 Å². The third kappa shape index (κ3) is 4.28. The SMILES string of the molecule is O=C(CS(=O)(=O)c1ccc(Cl)cc1)Nc1ccc(Br)cc1F. The van der Waals surface area contributed by atoms with Gasteiger partial charge in [0, 0.05) is 9.50 Å². The molecule has 0 saturated heterocycles. The first kappa shape index (κ1) is 16.9. The Bertz CT molecular complexity index is 809. The normalized spacial score (nSPS) is 11.2. The maximum absolute atomic E-state index is 13.6. The van der Waals surface area contributed by atoms with Crippen molar-refractivity contribution in [1.29, 1.82) is 0 Å². The third-order valence-electron chi connectivity index (χ3n) is 2.70. The maximum atomic E-state index is 13.6. The molecule has 0 spiro atoms. The van der Waals surface area contributed by atoms with Crippen molar-refractivity contribution in [3.05, 3.63) is 57.8 Å². The topological polar surface area (TPSA) is 63.2 Å². The fourth-order valence-electron chi connectivity index (χ4n) is 1.67. The number of benzene rings is 2. The molecule has 0 unspecified atom stereocenters. The number of anilines is 1. The molecule has 0 fully saturated rings. The standard InChI is InChI=1S/C14H10BrClFNO3S/c15-9-1-6-13(12(17)7-9)18-14(19)8-22(20,21)11-4-2-10(16)3-5-11/h1-7H,8H2,(H,18,19). The monoisotopic (exact) mass is 405 g/mol. The van der Waals surface area contributed by atoms with Crippen molar-refractivity contribution in [3.8, 4) is 0 Å². The number of hydrogen-bond acceptors (Lipinski definition) is 3. The molecule has 1 N–H and O–H groups in total. The second-order valence-electron chi connectivity index (χ2n) is 4.39. The number of amides is 1. The number of halogens is 3. The number of rotatable bonds is 4. The number of hydrogen-bond donors (Lipinski definition) is 1. The van der Waals surface area contributed by atoms with Gasteiger partial charge in [0.25, 0.3) is 0 Å². The largest absolute Gasteiger partial charge is 0.323 e. The van der Waals surface area contributed by atoms with Crippen molar-refractivity contribution in [2.24, 2.45) is 0 Å². The van der Waals surface area contributed by atoms with Gasteiger partial charge in [-0.05, 0) is 42.5 Å². The highest BCUT2D eigenvalue weighted by atomic mass is 79.9. The Balaban J connectivity index is 2.12. The summed E-state index contributed by atoms with van der Waals surface area (Å²) < 4.78 is 38.3. The highest BCUT2D eigenvalue weighted by Crippen LogP contribution is 2.20. The molecule has 0 aliphatic heterocycles. The molecule has 0 heterocycles. The van der Waals surface area contributed by atoms with Crippen LogP contribution < -0.4 is 5.32 Å². The molecule has 0 atom stereocenters. The maximum Gasteiger partial charge on any atom is 0.240 e. The van der Waals surface area contributed by atoms with Gasteiger partial charge in [0.1, 0.15) is 11.6 Å². The molecule has 2 aromatic rings. The van der Waals surface area contributed by atoms with Gasteiger partial charge in [-0.2, -0.15) is 0 Å². The summed E-state index contributed by atoms with van der Waals surface area (Å²) in [4.78, 5) is 11.8. The van der Waals surface area contributed by atoms with E-state index in [-0.39, 0.29) is 10.6 Å². The Morgan fingerprint density at radius 1 is 1.18 bits per heavy atom. The van der Waals surface area contributed by atoms with E-state index in [1.54, 1.807) is 0 Å². The van der Waals surface area contributed by atoms with E-state index in [1.807, 2.05) is 0 Å². The van der Waals surface area contributed by atoms with Crippen LogP contribution in [0.2, 0.25) is 5.02 Å². The minimum absolute atomic E-state index is 0.0247. The van der Waals surface area contributed by atoms with E-state index in [0.29, 0.717) is 9.50 Å². The van der Waals surface area contributed by atoms with Crippen molar-refractivity contribution in [2.45, 2.75) is 4.90 Å². The molecule has 22 heavy (non-hydrogen) atoms. The van der Waals surface area contributed by atoms with Crippen LogP contribution in [0.5, 0.6) is 0 Å². The van der Waals surface area contributed by atoms with Crippen LogP contribution in [0.1, 0.15) is 0 Å². The molecule has 2 aromatic carbocycles.